The van der Waals surface area contributed by atoms with E-state index in [9.17, 15) is 63.8 Å². The van der Waals surface area contributed by atoms with E-state index in [1.807, 2.05) is 13.8 Å². The van der Waals surface area contributed by atoms with Crippen molar-refractivity contribution in [2.45, 2.75) is 161 Å². The summed E-state index contributed by atoms with van der Waals surface area (Å²) in [4.78, 5) is 60.9. The maximum absolute atomic E-state index is 11.8. The molecule has 1 N–H and O–H groups in total. The van der Waals surface area contributed by atoms with E-state index in [1.54, 1.807) is 0 Å². The molecule has 17 nitrogen and oxygen atoms in total. The third-order valence-corrected chi connectivity index (χ3v) is 38.0. The number of carbonyl (C=O) groups is 4. The van der Waals surface area contributed by atoms with Crippen LogP contribution in [0.4, 0.5) is 0 Å². The van der Waals surface area contributed by atoms with Gasteiger partial charge in [-0.1, -0.05) is 256 Å². The number of rotatable bonds is 19. The molecule has 686 valence electrons. The molecular formula is C109H106O17S7. The van der Waals surface area contributed by atoms with E-state index in [4.69, 9.17) is 14.0 Å². The van der Waals surface area contributed by atoms with Crippen LogP contribution in [0, 0.1) is 51.8 Å². The first-order valence-electron chi connectivity index (χ1n) is 44.4. The predicted octanol–water partition coefficient (Wildman–Crippen LogP) is 20.0. The standard InChI is InChI=1S/4C18H15S.C11H16O2.C10H16O4S.C9H12O8S2.C7H6O3/c4*1-4-10-16(11-5-1)19(17-12-6-2-7-13-17)18-14-8-3-9-15-18;12-10(13)11-4-7-1-8(5-11)3-9(2-7)6-11;1-9(2)7-3-4-10(9,8(11)5-7)6-15(12,13)14;10-7(3-18(11,12)13)16-8-4-1-5-6(2-4)19(14,15)17-9(5)8;8-6-4-2-1-3-5(6)7(9)10/h4*1-15H;7-9H,1-6H2,(H,12,13);7H,3-6H2,1-2H3,(H,12,13,14);4-6,8-9H,1-3H2,(H,11,12,13);1-4,8H,(H,9,10)/q4*+1;;;;/p-4. The zero-order chi connectivity index (χ0) is 93.8. The van der Waals surface area contributed by atoms with E-state index in [0.29, 0.717) is 43.4 Å². The van der Waals surface area contributed by atoms with Crippen LogP contribution in [0.25, 0.3) is 0 Å². The first-order chi connectivity index (χ1) is 64.1. The summed E-state index contributed by atoms with van der Waals surface area (Å²) in [6.07, 6.45) is 7.96. The van der Waals surface area contributed by atoms with Crippen molar-refractivity contribution in [3.05, 3.63) is 394 Å². The van der Waals surface area contributed by atoms with Gasteiger partial charge in [-0.3, -0.25) is 13.8 Å². The zero-order valence-electron chi connectivity index (χ0n) is 73.7. The summed E-state index contributed by atoms with van der Waals surface area (Å²) in [6.45, 7) is 3.83. The van der Waals surface area contributed by atoms with Crippen LogP contribution in [-0.2, 0) is 97.2 Å². The Morgan fingerprint density at radius 2 is 0.699 bits per heavy atom. The predicted molar refractivity (Wildman–Crippen MR) is 516 cm³/mol. The molecule has 24 heteroatoms. The lowest BCUT2D eigenvalue weighted by Gasteiger charge is -2.57. The van der Waals surface area contributed by atoms with Crippen LogP contribution < -0.4 is 10.2 Å². The van der Waals surface area contributed by atoms with E-state index in [2.05, 4.69) is 364 Å². The second kappa shape index (κ2) is 44.8. The molecule has 1 aliphatic heterocycles. The molecule has 13 aromatic carbocycles. The molecule has 0 aromatic heterocycles. The Balaban J connectivity index is 0.000000123. The summed E-state index contributed by atoms with van der Waals surface area (Å²) in [7, 11) is -12.7. The van der Waals surface area contributed by atoms with Crippen molar-refractivity contribution < 1.29 is 77.8 Å². The second-order valence-corrected chi connectivity index (χ2v) is 47.5. The topological polar surface area (TPSA) is 302 Å². The van der Waals surface area contributed by atoms with Crippen LogP contribution in [0.5, 0.6) is 5.75 Å². The number of benzene rings is 13. The summed E-state index contributed by atoms with van der Waals surface area (Å²) in [6, 6.07) is 134. The van der Waals surface area contributed by atoms with Gasteiger partial charge in [0.05, 0.1) is 70.3 Å². The van der Waals surface area contributed by atoms with Crippen molar-refractivity contribution in [2.24, 2.45) is 51.8 Å². The van der Waals surface area contributed by atoms with Gasteiger partial charge in [0.15, 0.2) is 58.7 Å². The van der Waals surface area contributed by atoms with Crippen molar-refractivity contribution in [3.63, 3.8) is 0 Å². The van der Waals surface area contributed by atoms with Gasteiger partial charge in [0, 0.05) is 35.1 Å². The van der Waals surface area contributed by atoms with E-state index < -0.39 is 93.8 Å². The van der Waals surface area contributed by atoms with Gasteiger partial charge in [0.1, 0.15) is 33.9 Å². The number of aliphatic carboxylic acids is 1. The van der Waals surface area contributed by atoms with Gasteiger partial charge in [0.2, 0.25) is 0 Å². The molecule has 9 fully saturated rings. The normalized spacial score (nSPS) is 22.3. The number of hydrogen-bond acceptors (Lipinski definition) is 16. The first kappa shape index (κ1) is 97.9. The Hall–Kier alpha value is -11.1. The fraction of sp³-hybridized carbons (Fsp3) is 0.248. The van der Waals surface area contributed by atoms with E-state index >= 15 is 0 Å². The summed E-state index contributed by atoms with van der Waals surface area (Å²) in [5.74, 6) is -3.27. The minimum absolute atomic E-state index is 0.0146. The Kier molecular flexibility index (Phi) is 33.0. The lowest BCUT2D eigenvalue weighted by molar-refractivity contribution is -0.327. The van der Waals surface area contributed by atoms with Crippen LogP contribution in [0.15, 0.2) is 447 Å². The van der Waals surface area contributed by atoms with Crippen LogP contribution in [0.2, 0.25) is 0 Å². The SMILES string of the molecule is CC1(C)C2CCC1(CS(=O)(=O)[O-])C(=O)C2.O=C(CS(=O)(=O)[O-])OC1C2CC3C1OS(=O)(=O)C3C2.O=C(O)c1ccccc1[O-].O=C([O-])C12CC3CC(CC(C3)C1)C2.c1ccc([S+](c2ccccc2)c2ccccc2)cc1.c1ccc([S+](c2ccccc2)c2ccccc2)cc1.c1ccc([S+](c2ccccc2)c2ccccc2)cc1.c1ccc([S+](c2ccccc2)c2ccccc2)cc1. The number of carboxylic acid groups (broad SMARTS) is 2. The molecule has 7 atom stereocenters. The average Bonchev–Trinajstić information content (AvgIpc) is 1.55. The summed E-state index contributed by atoms with van der Waals surface area (Å²) in [5, 5.41) is 29.6. The van der Waals surface area contributed by atoms with Gasteiger partial charge in [-0.05, 0) is 245 Å². The lowest BCUT2D eigenvalue weighted by atomic mass is 9.49. The molecule has 22 rings (SSSR count). The summed E-state index contributed by atoms with van der Waals surface area (Å²) < 4.78 is 97.2. The maximum Gasteiger partial charge on any atom is 0.335 e. The molecule has 0 radical (unpaired) electrons. The van der Waals surface area contributed by atoms with Crippen LogP contribution in [0.1, 0.15) is 94.8 Å². The molecule has 0 amide bonds. The smallest absolute Gasteiger partial charge is 0.335 e. The molecule has 8 aliphatic carbocycles. The number of ether oxygens (including phenoxy) is 1. The third kappa shape index (κ3) is 24.9. The van der Waals surface area contributed by atoms with Crippen molar-refractivity contribution in [3.8, 4) is 5.75 Å². The zero-order valence-corrected chi connectivity index (χ0v) is 79.4. The lowest BCUT2D eigenvalue weighted by Crippen LogP contribution is -2.54. The fourth-order valence-corrected chi connectivity index (χ4v) is 32.0. The molecule has 13 aromatic rings. The first-order valence-corrected chi connectivity index (χ1v) is 53.9. The fourth-order valence-electron chi connectivity index (χ4n) is 20.1. The monoisotopic (exact) mass is 1910 g/mol. The van der Waals surface area contributed by atoms with E-state index in [0.717, 1.165) is 25.7 Å². The van der Waals surface area contributed by atoms with E-state index in [1.165, 1.54) is 102 Å². The number of para-hydroxylation sites is 1. The third-order valence-electron chi connectivity index (χ3n) is 25.9. The highest BCUT2D eigenvalue weighted by Crippen LogP contribution is 2.65. The highest BCUT2D eigenvalue weighted by atomic mass is 32.2. The van der Waals surface area contributed by atoms with Crippen molar-refractivity contribution in [1.29, 1.82) is 0 Å². The average molecular weight is 1910 g/mol. The van der Waals surface area contributed by atoms with Gasteiger partial charge in [-0.15, -0.1) is 0 Å². The molecular weight excluding hydrogens is 1810 g/mol. The van der Waals surface area contributed by atoms with Crippen molar-refractivity contribution in [1.82, 2.24) is 0 Å². The Morgan fingerprint density at radius 3 is 0.925 bits per heavy atom. The number of carbonyl (C=O) groups excluding carboxylic acids is 3. The van der Waals surface area contributed by atoms with Gasteiger partial charge in [0.25, 0.3) is 10.1 Å². The molecule has 133 heavy (non-hydrogen) atoms. The van der Waals surface area contributed by atoms with Gasteiger partial charge in [-0.25, -0.2) is 21.6 Å². The van der Waals surface area contributed by atoms with Crippen LogP contribution >= 0.6 is 0 Å². The number of aromatic carboxylic acids is 1. The molecule has 1 saturated heterocycles. The number of fused-ring (bicyclic) bond motifs is 3. The number of Topliss-reactive ketones (excluding diaryl/α,β-unsaturated/α-hetero) is 1. The Morgan fingerprint density at radius 1 is 0.421 bits per heavy atom. The molecule has 9 aliphatic rings. The second-order valence-electron chi connectivity index (χ2n) is 34.8. The van der Waals surface area contributed by atoms with Crippen molar-refractivity contribution in [2.75, 3.05) is 11.5 Å². The molecule has 8 bridgehead atoms. The highest BCUT2D eigenvalue weighted by molar-refractivity contribution is 7.98. The summed E-state index contributed by atoms with van der Waals surface area (Å²) in [5.41, 5.74) is -1.79. The number of esters is 1. The highest BCUT2D eigenvalue weighted by Gasteiger charge is 2.66. The largest absolute Gasteiger partial charge is 0.872 e. The maximum atomic E-state index is 11.8. The Bertz CT molecular complexity index is 5430. The summed E-state index contributed by atoms with van der Waals surface area (Å²) >= 11 is 0. The number of carboxylic acids is 2. The molecule has 1 heterocycles. The minimum atomic E-state index is -4.70. The van der Waals surface area contributed by atoms with Gasteiger partial charge in [-0.2, -0.15) is 8.42 Å². The van der Waals surface area contributed by atoms with Gasteiger partial charge >= 0.3 is 11.9 Å². The quantitative estimate of drug-likeness (QED) is 0.0340. The number of hydrogen-bond donors (Lipinski definition) is 1. The molecule has 8 saturated carbocycles. The van der Waals surface area contributed by atoms with E-state index in [-0.39, 0.29) is 78.1 Å². The van der Waals surface area contributed by atoms with Gasteiger partial charge < -0.3 is 34.0 Å². The Labute approximate surface area is 792 Å². The number of ketones is 1. The molecule has 7 unspecified atom stereocenters. The van der Waals surface area contributed by atoms with Crippen LogP contribution in [0.3, 0.4) is 0 Å². The minimum Gasteiger partial charge on any atom is -0.872 e. The molecule has 0 spiro atoms. The van der Waals surface area contributed by atoms with Crippen LogP contribution in [-0.4, -0.2) is 92.1 Å². The van der Waals surface area contributed by atoms with Crippen molar-refractivity contribution >= 4 is 97.6 Å².